The van der Waals surface area contributed by atoms with E-state index in [-0.39, 0.29) is 12.8 Å². The van der Waals surface area contributed by atoms with Crippen molar-refractivity contribution in [2.75, 3.05) is 13.1 Å². The van der Waals surface area contributed by atoms with Crippen LogP contribution in [0.2, 0.25) is 0 Å². The predicted octanol–water partition coefficient (Wildman–Crippen LogP) is -0.580. The van der Waals surface area contributed by atoms with E-state index in [2.05, 4.69) is 10.9 Å². The quantitative estimate of drug-likeness (QED) is 0.302. The fourth-order valence-corrected chi connectivity index (χ4v) is 0.674. The highest BCUT2D eigenvalue weighted by molar-refractivity contribution is 5.67. The minimum atomic E-state index is -0.861. The van der Waals surface area contributed by atoms with Crippen LogP contribution in [0.25, 0.3) is 0 Å². The van der Waals surface area contributed by atoms with Gasteiger partial charge in [-0.1, -0.05) is 0 Å². The smallest absolute Gasteiger partial charge is 0.304 e. The topological polar surface area (TPSA) is 98.7 Å². The summed E-state index contributed by atoms with van der Waals surface area (Å²) in [6.07, 6.45) is 0.689. The highest BCUT2D eigenvalue weighted by atomic mass is 16.4. The van der Waals surface area contributed by atoms with Crippen molar-refractivity contribution in [3.8, 4) is 0 Å². The van der Waals surface area contributed by atoms with Crippen molar-refractivity contribution in [3.05, 3.63) is 0 Å². The number of carboxylic acids is 2. The Balaban J connectivity index is 3.00. The molecule has 0 unspecified atom stereocenters. The maximum Gasteiger partial charge on any atom is 0.304 e. The van der Waals surface area contributed by atoms with Crippen LogP contribution in [0, 0.1) is 0 Å². The van der Waals surface area contributed by atoms with Gasteiger partial charge in [-0.3, -0.25) is 20.4 Å². The molecule has 0 aliphatic rings. The SMILES string of the molecule is O=C(O)CCCNNCCC(=O)O. The van der Waals surface area contributed by atoms with Gasteiger partial charge in [0.05, 0.1) is 6.42 Å². The van der Waals surface area contributed by atoms with E-state index in [0.29, 0.717) is 19.5 Å². The number of rotatable bonds is 8. The molecule has 6 nitrogen and oxygen atoms in total. The van der Waals surface area contributed by atoms with Gasteiger partial charge in [0.2, 0.25) is 0 Å². The molecule has 0 amide bonds. The van der Waals surface area contributed by atoms with Gasteiger partial charge in [0.1, 0.15) is 0 Å². The lowest BCUT2D eigenvalue weighted by atomic mass is 10.3. The lowest BCUT2D eigenvalue weighted by Gasteiger charge is -2.03. The lowest BCUT2D eigenvalue weighted by Crippen LogP contribution is -2.34. The molecule has 0 aliphatic carbocycles. The van der Waals surface area contributed by atoms with Gasteiger partial charge in [-0.25, -0.2) is 0 Å². The molecule has 0 bridgehead atoms. The summed E-state index contributed by atoms with van der Waals surface area (Å²) < 4.78 is 0. The second-order valence-corrected chi connectivity index (χ2v) is 2.49. The molecule has 6 heteroatoms. The predicted molar refractivity (Wildman–Crippen MR) is 45.1 cm³/mol. The standard InChI is InChI=1S/C7H14N2O4/c10-6(11)2-1-4-8-9-5-3-7(12)13/h8-9H,1-5H2,(H,10,11)(H,12,13). The molecule has 13 heavy (non-hydrogen) atoms. The van der Waals surface area contributed by atoms with E-state index in [0.717, 1.165) is 0 Å². The number of aliphatic carboxylic acids is 2. The van der Waals surface area contributed by atoms with Crippen molar-refractivity contribution in [2.24, 2.45) is 0 Å². The van der Waals surface area contributed by atoms with Crippen LogP contribution in [0.15, 0.2) is 0 Å². The number of nitrogens with one attached hydrogen (secondary N) is 2. The summed E-state index contributed by atoms with van der Waals surface area (Å²) in [5.41, 5.74) is 5.39. The molecule has 0 radical (unpaired) electrons. The fourth-order valence-electron chi connectivity index (χ4n) is 0.674. The fraction of sp³-hybridized carbons (Fsp3) is 0.714. The van der Waals surface area contributed by atoms with Crippen LogP contribution in [-0.4, -0.2) is 35.2 Å². The Labute approximate surface area is 75.9 Å². The Kier molecular flexibility index (Phi) is 6.85. The highest BCUT2D eigenvalue weighted by Crippen LogP contribution is 1.84. The Hall–Kier alpha value is -1.14. The Morgan fingerprint density at radius 1 is 0.923 bits per heavy atom. The summed E-state index contributed by atoms with van der Waals surface area (Å²) in [7, 11) is 0. The second-order valence-electron chi connectivity index (χ2n) is 2.49. The first-order valence-electron chi connectivity index (χ1n) is 4.02. The molecular weight excluding hydrogens is 176 g/mol. The summed E-state index contributed by atoms with van der Waals surface area (Å²) in [6, 6.07) is 0. The average molecular weight is 190 g/mol. The van der Waals surface area contributed by atoms with Crippen molar-refractivity contribution in [1.82, 2.24) is 10.9 Å². The molecule has 0 fully saturated rings. The largest absolute Gasteiger partial charge is 0.481 e. The molecule has 0 saturated heterocycles. The van der Waals surface area contributed by atoms with Crippen molar-refractivity contribution >= 4 is 11.9 Å². The monoisotopic (exact) mass is 190 g/mol. The van der Waals surface area contributed by atoms with Gasteiger partial charge in [0.25, 0.3) is 0 Å². The van der Waals surface area contributed by atoms with Crippen molar-refractivity contribution in [3.63, 3.8) is 0 Å². The van der Waals surface area contributed by atoms with Gasteiger partial charge in [-0.05, 0) is 6.42 Å². The van der Waals surface area contributed by atoms with E-state index < -0.39 is 11.9 Å². The Bertz CT molecular complexity index is 154. The molecule has 0 aromatic carbocycles. The number of carboxylic acid groups (broad SMARTS) is 2. The Morgan fingerprint density at radius 2 is 1.46 bits per heavy atom. The van der Waals surface area contributed by atoms with Gasteiger partial charge < -0.3 is 10.2 Å². The summed E-state index contributed by atoms with van der Waals surface area (Å²) >= 11 is 0. The van der Waals surface area contributed by atoms with Gasteiger partial charge >= 0.3 is 11.9 Å². The first kappa shape index (κ1) is 11.9. The third-order valence-electron chi connectivity index (χ3n) is 1.28. The number of hydrogen-bond donors (Lipinski definition) is 4. The lowest BCUT2D eigenvalue weighted by molar-refractivity contribution is -0.137. The third-order valence-corrected chi connectivity index (χ3v) is 1.28. The summed E-state index contributed by atoms with van der Waals surface area (Å²) in [4.78, 5) is 20.1. The zero-order valence-electron chi connectivity index (χ0n) is 7.25. The van der Waals surface area contributed by atoms with Crippen LogP contribution in [0.1, 0.15) is 19.3 Å². The molecular formula is C7H14N2O4. The van der Waals surface area contributed by atoms with E-state index in [9.17, 15) is 9.59 Å². The van der Waals surface area contributed by atoms with E-state index >= 15 is 0 Å². The normalized spacial score (nSPS) is 9.85. The third kappa shape index (κ3) is 10.9. The van der Waals surface area contributed by atoms with Crippen LogP contribution < -0.4 is 10.9 Å². The summed E-state index contributed by atoms with van der Waals surface area (Å²) in [6.45, 7) is 0.855. The maximum absolute atomic E-state index is 10.1. The molecule has 0 saturated carbocycles. The van der Waals surface area contributed by atoms with Gasteiger partial charge in [0, 0.05) is 19.5 Å². The van der Waals surface area contributed by atoms with Gasteiger partial charge in [0.15, 0.2) is 0 Å². The molecule has 4 N–H and O–H groups in total. The zero-order chi connectivity index (χ0) is 10.1. The van der Waals surface area contributed by atoms with Crippen molar-refractivity contribution in [2.45, 2.75) is 19.3 Å². The molecule has 0 spiro atoms. The molecule has 0 aromatic heterocycles. The zero-order valence-corrected chi connectivity index (χ0v) is 7.25. The summed E-state index contributed by atoms with van der Waals surface area (Å²) in [5.74, 6) is -1.69. The van der Waals surface area contributed by atoms with E-state index in [1.54, 1.807) is 0 Å². The number of carbonyl (C=O) groups is 2. The van der Waals surface area contributed by atoms with Crippen LogP contribution in [0.4, 0.5) is 0 Å². The van der Waals surface area contributed by atoms with E-state index in [1.165, 1.54) is 0 Å². The van der Waals surface area contributed by atoms with Crippen LogP contribution in [0.5, 0.6) is 0 Å². The van der Waals surface area contributed by atoms with Crippen LogP contribution >= 0.6 is 0 Å². The minimum Gasteiger partial charge on any atom is -0.481 e. The molecule has 0 atom stereocenters. The van der Waals surface area contributed by atoms with Crippen molar-refractivity contribution < 1.29 is 19.8 Å². The molecule has 0 rings (SSSR count). The first-order chi connectivity index (χ1) is 6.13. The average Bonchev–Trinajstić information content (AvgIpc) is 2.01. The highest BCUT2D eigenvalue weighted by Gasteiger charge is 1.96. The second kappa shape index (κ2) is 7.51. The molecule has 0 aromatic rings. The van der Waals surface area contributed by atoms with Crippen LogP contribution in [-0.2, 0) is 9.59 Å². The van der Waals surface area contributed by atoms with E-state index in [4.69, 9.17) is 10.2 Å². The van der Waals surface area contributed by atoms with Crippen LogP contribution in [0.3, 0.4) is 0 Å². The minimum absolute atomic E-state index is 0.0476. The van der Waals surface area contributed by atoms with E-state index in [1.807, 2.05) is 0 Å². The molecule has 76 valence electrons. The molecule has 0 aliphatic heterocycles. The molecule has 0 heterocycles. The van der Waals surface area contributed by atoms with Gasteiger partial charge in [-0.2, -0.15) is 0 Å². The number of hydrogen-bond acceptors (Lipinski definition) is 4. The van der Waals surface area contributed by atoms with Gasteiger partial charge in [-0.15, -0.1) is 0 Å². The number of hydrazine groups is 1. The first-order valence-corrected chi connectivity index (χ1v) is 4.02. The Morgan fingerprint density at radius 3 is 2.00 bits per heavy atom. The maximum atomic E-state index is 10.1. The summed E-state index contributed by atoms with van der Waals surface area (Å²) in [5, 5.41) is 16.5. The van der Waals surface area contributed by atoms with Crippen molar-refractivity contribution in [1.29, 1.82) is 0 Å².